The molecule has 1 aliphatic rings. The minimum absolute atomic E-state index is 0.0410. The number of likely N-dealkylation sites (tertiary alicyclic amines) is 1. The second kappa shape index (κ2) is 5.74. The number of aryl methyl sites for hydroxylation is 2. The summed E-state index contributed by atoms with van der Waals surface area (Å²) in [6.45, 7) is 4.75. The van der Waals surface area contributed by atoms with Crippen LogP contribution in [0.5, 0.6) is 0 Å². The molecule has 0 radical (unpaired) electrons. The molecule has 5 heteroatoms. The molecule has 0 saturated carbocycles. The molecule has 19 heavy (non-hydrogen) atoms. The first-order valence-corrected chi connectivity index (χ1v) is 7.38. The number of ether oxygens (including phenoxy) is 1. The third-order valence-electron chi connectivity index (χ3n) is 3.60. The average Bonchev–Trinajstić information content (AvgIpc) is 3.03. The third kappa shape index (κ3) is 2.66. The van der Waals surface area contributed by atoms with Crippen molar-refractivity contribution in [2.75, 3.05) is 13.7 Å². The molecular weight excluding hydrogens is 262 g/mol. The SMILES string of the molecule is CCc1cc(C(=O)N2CCCC2C(=O)OC)sc1C. The van der Waals surface area contributed by atoms with E-state index in [1.54, 1.807) is 4.90 Å². The lowest BCUT2D eigenvalue weighted by Crippen LogP contribution is -2.40. The maximum absolute atomic E-state index is 12.5. The van der Waals surface area contributed by atoms with E-state index in [0.717, 1.165) is 17.7 Å². The van der Waals surface area contributed by atoms with Crippen LogP contribution >= 0.6 is 11.3 Å². The van der Waals surface area contributed by atoms with Crippen LogP contribution in [0.25, 0.3) is 0 Å². The molecule has 1 saturated heterocycles. The van der Waals surface area contributed by atoms with E-state index < -0.39 is 6.04 Å². The van der Waals surface area contributed by atoms with Gasteiger partial charge in [-0.15, -0.1) is 11.3 Å². The first kappa shape index (κ1) is 14.1. The van der Waals surface area contributed by atoms with Crippen LogP contribution in [0.4, 0.5) is 0 Å². The molecule has 1 aliphatic heterocycles. The van der Waals surface area contributed by atoms with Gasteiger partial charge in [0.25, 0.3) is 5.91 Å². The van der Waals surface area contributed by atoms with Gasteiger partial charge in [0.15, 0.2) is 0 Å². The molecule has 4 nitrogen and oxygen atoms in total. The standard InChI is InChI=1S/C14H19NO3S/c1-4-10-8-12(19-9(10)2)13(16)15-7-5-6-11(15)14(17)18-3/h8,11H,4-7H2,1-3H3. The highest BCUT2D eigenvalue weighted by molar-refractivity contribution is 7.14. The van der Waals surface area contributed by atoms with E-state index in [0.29, 0.717) is 13.0 Å². The predicted octanol–water partition coefficient (Wildman–Crippen LogP) is 2.40. The van der Waals surface area contributed by atoms with Crippen molar-refractivity contribution in [1.82, 2.24) is 4.90 Å². The zero-order chi connectivity index (χ0) is 14.0. The van der Waals surface area contributed by atoms with Gasteiger partial charge in [-0.1, -0.05) is 6.92 Å². The largest absolute Gasteiger partial charge is 0.467 e. The summed E-state index contributed by atoms with van der Waals surface area (Å²) >= 11 is 1.51. The number of thiophene rings is 1. The average molecular weight is 281 g/mol. The summed E-state index contributed by atoms with van der Waals surface area (Å²) < 4.78 is 4.77. The zero-order valence-corrected chi connectivity index (χ0v) is 12.4. The molecule has 1 aromatic heterocycles. The predicted molar refractivity (Wildman–Crippen MR) is 74.5 cm³/mol. The Balaban J connectivity index is 2.20. The lowest BCUT2D eigenvalue weighted by atomic mass is 10.2. The summed E-state index contributed by atoms with van der Waals surface area (Å²) in [5, 5.41) is 0. The summed E-state index contributed by atoms with van der Waals surface area (Å²) in [6, 6.07) is 1.54. The van der Waals surface area contributed by atoms with Gasteiger partial charge in [-0.05, 0) is 37.8 Å². The molecule has 0 spiro atoms. The van der Waals surface area contributed by atoms with Crippen molar-refractivity contribution in [1.29, 1.82) is 0 Å². The van der Waals surface area contributed by atoms with Crippen molar-refractivity contribution in [3.63, 3.8) is 0 Å². The van der Waals surface area contributed by atoms with E-state index in [2.05, 4.69) is 6.92 Å². The maximum atomic E-state index is 12.5. The molecule has 1 aromatic rings. The van der Waals surface area contributed by atoms with E-state index in [1.807, 2.05) is 13.0 Å². The Morgan fingerprint density at radius 2 is 2.26 bits per heavy atom. The minimum Gasteiger partial charge on any atom is -0.467 e. The molecule has 1 atom stereocenters. The first-order valence-electron chi connectivity index (χ1n) is 6.56. The third-order valence-corrected chi connectivity index (χ3v) is 4.68. The lowest BCUT2D eigenvalue weighted by Gasteiger charge is -2.21. The van der Waals surface area contributed by atoms with E-state index in [1.165, 1.54) is 28.9 Å². The Kier molecular flexibility index (Phi) is 4.24. The van der Waals surface area contributed by atoms with Crippen LogP contribution in [0.2, 0.25) is 0 Å². The molecular formula is C14H19NO3S. The van der Waals surface area contributed by atoms with Crippen molar-refractivity contribution in [3.05, 3.63) is 21.4 Å². The van der Waals surface area contributed by atoms with Gasteiger partial charge < -0.3 is 9.64 Å². The summed E-state index contributed by atoms with van der Waals surface area (Å²) in [6.07, 6.45) is 2.48. The molecule has 0 aliphatic carbocycles. The van der Waals surface area contributed by atoms with Crippen molar-refractivity contribution in [2.24, 2.45) is 0 Å². The highest BCUT2D eigenvalue weighted by Crippen LogP contribution is 2.27. The van der Waals surface area contributed by atoms with Crippen molar-refractivity contribution < 1.29 is 14.3 Å². The maximum Gasteiger partial charge on any atom is 0.328 e. The smallest absolute Gasteiger partial charge is 0.328 e. The second-order valence-electron chi connectivity index (χ2n) is 4.73. The van der Waals surface area contributed by atoms with Crippen LogP contribution in [-0.2, 0) is 16.0 Å². The first-order chi connectivity index (χ1) is 9.08. The van der Waals surface area contributed by atoms with Crippen molar-refractivity contribution >= 4 is 23.2 Å². The fraction of sp³-hybridized carbons (Fsp3) is 0.571. The number of esters is 1. The van der Waals surface area contributed by atoms with E-state index >= 15 is 0 Å². The molecule has 1 amide bonds. The molecule has 0 aromatic carbocycles. The Morgan fingerprint density at radius 1 is 1.53 bits per heavy atom. The van der Waals surface area contributed by atoms with Crippen LogP contribution < -0.4 is 0 Å². The minimum atomic E-state index is -0.412. The van der Waals surface area contributed by atoms with Crippen molar-refractivity contribution in [3.8, 4) is 0 Å². The van der Waals surface area contributed by atoms with E-state index in [-0.39, 0.29) is 11.9 Å². The molecule has 1 fully saturated rings. The van der Waals surface area contributed by atoms with Gasteiger partial charge in [-0.25, -0.2) is 4.79 Å². The molecule has 104 valence electrons. The highest BCUT2D eigenvalue weighted by atomic mass is 32.1. The van der Waals surface area contributed by atoms with Gasteiger partial charge in [0, 0.05) is 11.4 Å². The topological polar surface area (TPSA) is 46.6 Å². The number of rotatable bonds is 3. The Labute approximate surface area is 117 Å². The summed E-state index contributed by atoms with van der Waals surface area (Å²) in [5.41, 5.74) is 1.21. The Bertz CT molecular complexity index is 495. The van der Waals surface area contributed by atoms with E-state index in [9.17, 15) is 9.59 Å². The van der Waals surface area contributed by atoms with Crippen LogP contribution in [0.1, 0.15) is 39.9 Å². The summed E-state index contributed by atoms with van der Waals surface area (Å²) in [7, 11) is 1.37. The number of hydrogen-bond acceptors (Lipinski definition) is 4. The number of hydrogen-bond donors (Lipinski definition) is 0. The van der Waals surface area contributed by atoms with Gasteiger partial charge in [-0.2, -0.15) is 0 Å². The van der Waals surface area contributed by atoms with Gasteiger partial charge in [0.2, 0.25) is 0 Å². The number of methoxy groups -OCH3 is 1. The summed E-state index contributed by atoms with van der Waals surface area (Å²) in [5.74, 6) is -0.351. The highest BCUT2D eigenvalue weighted by Gasteiger charge is 2.35. The quantitative estimate of drug-likeness (QED) is 0.799. The Morgan fingerprint density at radius 3 is 2.84 bits per heavy atom. The van der Waals surface area contributed by atoms with Gasteiger partial charge in [0.05, 0.1) is 12.0 Å². The fourth-order valence-corrected chi connectivity index (χ4v) is 3.58. The molecule has 2 heterocycles. The zero-order valence-electron chi connectivity index (χ0n) is 11.6. The van der Waals surface area contributed by atoms with Gasteiger partial charge in [0.1, 0.15) is 6.04 Å². The number of carbonyl (C=O) groups excluding carboxylic acids is 2. The monoisotopic (exact) mass is 281 g/mol. The van der Waals surface area contributed by atoms with Gasteiger partial charge in [-0.3, -0.25) is 4.79 Å². The van der Waals surface area contributed by atoms with Gasteiger partial charge >= 0.3 is 5.97 Å². The van der Waals surface area contributed by atoms with Crippen LogP contribution in [0.3, 0.4) is 0 Å². The lowest BCUT2D eigenvalue weighted by molar-refractivity contribution is -0.145. The number of nitrogens with zero attached hydrogens (tertiary/aromatic N) is 1. The number of carbonyl (C=O) groups is 2. The molecule has 1 unspecified atom stereocenters. The van der Waals surface area contributed by atoms with Crippen molar-refractivity contribution in [2.45, 2.75) is 39.2 Å². The second-order valence-corrected chi connectivity index (χ2v) is 5.98. The normalized spacial score (nSPS) is 18.7. The summed E-state index contributed by atoms with van der Waals surface area (Å²) in [4.78, 5) is 27.7. The number of amides is 1. The molecule has 0 N–H and O–H groups in total. The van der Waals surface area contributed by atoms with E-state index in [4.69, 9.17) is 4.74 Å². The van der Waals surface area contributed by atoms with Crippen LogP contribution in [0.15, 0.2) is 6.07 Å². The van der Waals surface area contributed by atoms with Crippen LogP contribution in [-0.4, -0.2) is 36.5 Å². The molecule has 2 rings (SSSR count). The van der Waals surface area contributed by atoms with Crippen LogP contribution in [0, 0.1) is 6.92 Å². The fourth-order valence-electron chi connectivity index (χ4n) is 2.51. The Hall–Kier alpha value is -1.36. The molecule has 0 bridgehead atoms.